The fourth-order valence-corrected chi connectivity index (χ4v) is 2.46. The van der Waals surface area contributed by atoms with Crippen LogP contribution in [0, 0.1) is 10.1 Å². The lowest BCUT2D eigenvalue weighted by atomic mass is 10.1. The molecule has 0 aliphatic heterocycles. The van der Waals surface area contributed by atoms with Crippen molar-refractivity contribution in [2.75, 3.05) is 0 Å². The van der Waals surface area contributed by atoms with Crippen molar-refractivity contribution in [3.8, 4) is 16.9 Å². The third kappa shape index (κ3) is 3.04. The third-order valence-electron chi connectivity index (χ3n) is 3.29. The Bertz CT molecular complexity index is 888. The van der Waals surface area contributed by atoms with Gasteiger partial charge >= 0.3 is 0 Å². The Kier molecular flexibility index (Phi) is 4.03. The average Bonchev–Trinajstić information content (AvgIpc) is 3.00. The van der Waals surface area contributed by atoms with Crippen molar-refractivity contribution >= 4 is 27.9 Å². The lowest BCUT2D eigenvalue weighted by Crippen LogP contribution is -1.94. The largest absolute Gasteiger partial charge is 0.298 e. The van der Waals surface area contributed by atoms with Crippen molar-refractivity contribution in [1.82, 2.24) is 9.78 Å². The summed E-state index contributed by atoms with van der Waals surface area (Å²) in [5.74, 6) is 0. The first kappa shape index (κ1) is 15.1. The first-order valence-corrected chi connectivity index (χ1v) is 7.43. The van der Waals surface area contributed by atoms with Crippen LogP contribution in [0.1, 0.15) is 10.4 Å². The number of nitro benzene ring substituents is 1. The van der Waals surface area contributed by atoms with E-state index >= 15 is 0 Å². The van der Waals surface area contributed by atoms with Crippen molar-refractivity contribution < 1.29 is 9.72 Å². The first-order valence-electron chi connectivity index (χ1n) is 6.64. The molecule has 3 rings (SSSR count). The van der Waals surface area contributed by atoms with Gasteiger partial charge in [-0.2, -0.15) is 5.10 Å². The van der Waals surface area contributed by atoms with Crippen molar-refractivity contribution in [2.24, 2.45) is 0 Å². The van der Waals surface area contributed by atoms with E-state index in [0.717, 1.165) is 10.2 Å². The summed E-state index contributed by atoms with van der Waals surface area (Å²) in [7, 11) is 0. The van der Waals surface area contributed by atoms with Gasteiger partial charge in [0.05, 0.1) is 16.2 Å². The van der Waals surface area contributed by atoms with Crippen LogP contribution in [0.2, 0.25) is 0 Å². The van der Waals surface area contributed by atoms with E-state index in [1.807, 2.05) is 24.3 Å². The number of nitro groups is 1. The van der Waals surface area contributed by atoms with E-state index < -0.39 is 4.92 Å². The molecule has 3 aromatic rings. The highest BCUT2D eigenvalue weighted by molar-refractivity contribution is 9.10. The number of rotatable bonds is 4. The molecule has 7 heteroatoms. The van der Waals surface area contributed by atoms with Crippen LogP contribution in [0.15, 0.2) is 59.2 Å². The lowest BCUT2D eigenvalue weighted by molar-refractivity contribution is -0.384. The molecule has 2 aromatic carbocycles. The van der Waals surface area contributed by atoms with Gasteiger partial charge in [0.2, 0.25) is 0 Å². The Hall–Kier alpha value is -2.80. The highest BCUT2D eigenvalue weighted by Crippen LogP contribution is 2.26. The smallest absolute Gasteiger partial charge is 0.270 e. The van der Waals surface area contributed by atoms with E-state index in [-0.39, 0.29) is 5.69 Å². The molecule has 1 heterocycles. The maximum Gasteiger partial charge on any atom is 0.270 e. The van der Waals surface area contributed by atoms with Gasteiger partial charge in [-0.25, -0.2) is 4.68 Å². The first-order chi connectivity index (χ1) is 11.1. The summed E-state index contributed by atoms with van der Waals surface area (Å²) < 4.78 is 2.51. The summed E-state index contributed by atoms with van der Waals surface area (Å²) in [5.41, 5.74) is 2.04. The van der Waals surface area contributed by atoms with Gasteiger partial charge in [-0.1, -0.05) is 28.1 Å². The topological polar surface area (TPSA) is 78.0 Å². The van der Waals surface area contributed by atoms with Crippen LogP contribution in [-0.4, -0.2) is 21.0 Å². The Morgan fingerprint density at radius 2 is 1.91 bits per heavy atom. The minimum Gasteiger partial charge on any atom is -0.298 e. The Balaban J connectivity index is 2.09. The zero-order valence-corrected chi connectivity index (χ0v) is 13.3. The van der Waals surface area contributed by atoms with E-state index in [2.05, 4.69) is 21.0 Å². The number of hydrogen-bond donors (Lipinski definition) is 0. The summed E-state index contributed by atoms with van der Waals surface area (Å²) in [4.78, 5) is 21.8. The summed E-state index contributed by atoms with van der Waals surface area (Å²) in [6.07, 6.45) is 2.29. The molecule has 23 heavy (non-hydrogen) atoms. The molecule has 0 amide bonds. The van der Waals surface area contributed by atoms with Crippen molar-refractivity contribution in [1.29, 1.82) is 0 Å². The standard InChI is InChI=1S/C16H10BrN3O3/c17-13-4-6-14(7-5-13)19-9-12(10-21)16(18-19)11-2-1-3-15(8-11)20(22)23/h1-10H. The fourth-order valence-electron chi connectivity index (χ4n) is 2.19. The van der Waals surface area contributed by atoms with Gasteiger partial charge in [0, 0.05) is 28.4 Å². The van der Waals surface area contributed by atoms with Crippen molar-refractivity contribution in [2.45, 2.75) is 0 Å². The van der Waals surface area contributed by atoms with Gasteiger partial charge in [0.1, 0.15) is 5.69 Å². The van der Waals surface area contributed by atoms with Crippen LogP contribution in [0.4, 0.5) is 5.69 Å². The van der Waals surface area contributed by atoms with Crippen molar-refractivity contribution in [3.05, 3.63) is 74.9 Å². The minimum absolute atomic E-state index is 0.0439. The zero-order valence-electron chi connectivity index (χ0n) is 11.7. The number of nitrogens with zero attached hydrogens (tertiary/aromatic N) is 3. The van der Waals surface area contributed by atoms with Gasteiger partial charge < -0.3 is 0 Å². The molecule has 0 N–H and O–H groups in total. The molecule has 0 fully saturated rings. The monoisotopic (exact) mass is 371 g/mol. The van der Waals surface area contributed by atoms with Gasteiger partial charge in [0.25, 0.3) is 5.69 Å². The second-order valence-corrected chi connectivity index (χ2v) is 5.69. The summed E-state index contributed by atoms with van der Waals surface area (Å²) in [6, 6.07) is 13.5. The molecule has 0 aliphatic rings. The molecule has 0 unspecified atom stereocenters. The fraction of sp³-hybridized carbons (Fsp3) is 0. The summed E-state index contributed by atoms with van der Waals surface area (Å²) >= 11 is 3.36. The second-order valence-electron chi connectivity index (χ2n) is 4.78. The molecule has 0 bridgehead atoms. The third-order valence-corrected chi connectivity index (χ3v) is 3.82. The molecule has 0 aliphatic carbocycles. The molecule has 0 radical (unpaired) electrons. The van der Waals surface area contributed by atoms with Crippen molar-refractivity contribution in [3.63, 3.8) is 0 Å². The maximum absolute atomic E-state index is 11.3. The van der Waals surface area contributed by atoms with Crippen LogP contribution in [0.5, 0.6) is 0 Å². The van der Waals surface area contributed by atoms with Crippen LogP contribution in [0.3, 0.4) is 0 Å². The van der Waals surface area contributed by atoms with E-state index in [1.54, 1.807) is 23.0 Å². The van der Waals surface area contributed by atoms with E-state index in [4.69, 9.17) is 0 Å². The highest BCUT2D eigenvalue weighted by Gasteiger charge is 2.14. The van der Waals surface area contributed by atoms with Crippen LogP contribution in [0.25, 0.3) is 16.9 Å². The molecule has 114 valence electrons. The quantitative estimate of drug-likeness (QED) is 0.394. The lowest BCUT2D eigenvalue weighted by Gasteiger charge is -2.01. The molecular weight excluding hydrogens is 362 g/mol. The Morgan fingerprint density at radius 3 is 2.57 bits per heavy atom. The number of aldehydes is 1. The molecule has 0 saturated carbocycles. The Labute approximate surface area is 139 Å². The van der Waals surface area contributed by atoms with Gasteiger partial charge in [-0.3, -0.25) is 14.9 Å². The zero-order chi connectivity index (χ0) is 16.4. The van der Waals surface area contributed by atoms with E-state index in [0.29, 0.717) is 23.1 Å². The van der Waals surface area contributed by atoms with Crippen LogP contribution >= 0.6 is 15.9 Å². The molecule has 6 nitrogen and oxygen atoms in total. The average molecular weight is 372 g/mol. The van der Waals surface area contributed by atoms with E-state index in [1.165, 1.54) is 12.1 Å². The second kappa shape index (κ2) is 6.13. The van der Waals surface area contributed by atoms with Gasteiger partial charge in [0.15, 0.2) is 6.29 Å². The molecule has 1 aromatic heterocycles. The minimum atomic E-state index is -0.476. The number of hydrogen-bond acceptors (Lipinski definition) is 4. The number of non-ortho nitro benzene ring substituents is 1. The van der Waals surface area contributed by atoms with Crippen LogP contribution in [-0.2, 0) is 0 Å². The van der Waals surface area contributed by atoms with Gasteiger partial charge in [-0.15, -0.1) is 0 Å². The van der Waals surface area contributed by atoms with E-state index in [9.17, 15) is 14.9 Å². The SMILES string of the molecule is O=Cc1cn(-c2ccc(Br)cc2)nc1-c1cccc([N+](=O)[O-])c1. The predicted molar refractivity (Wildman–Crippen MR) is 88.7 cm³/mol. The number of carbonyl (C=O) groups excluding carboxylic acids is 1. The molecule has 0 atom stereocenters. The molecule has 0 saturated heterocycles. The summed E-state index contributed by atoms with van der Waals surface area (Å²) in [6.45, 7) is 0. The Morgan fingerprint density at radius 1 is 1.17 bits per heavy atom. The number of aromatic nitrogens is 2. The molecular formula is C16H10BrN3O3. The predicted octanol–water partition coefficient (Wildman–Crippen LogP) is 4.02. The normalized spacial score (nSPS) is 10.5. The van der Waals surface area contributed by atoms with Crippen LogP contribution < -0.4 is 0 Å². The van der Waals surface area contributed by atoms with Gasteiger partial charge in [-0.05, 0) is 24.3 Å². The molecule has 0 spiro atoms. The highest BCUT2D eigenvalue weighted by atomic mass is 79.9. The summed E-state index contributed by atoms with van der Waals surface area (Å²) in [5, 5.41) is 15.3. The number of carbonyl (C=O) groups is 1. The maximum atomic E-state index is 11.3. The number of benzene rings is 2. The number of halogens is 1.